The van der Waals surface area contributed by atoms with Gasteiger partial charge in [-0.15, -0.1) is 5.10 Å². The van der Waals surface area contributed by atoms with Crippen molar-refractivity contribution in [3.63, 3.8) is 0 Å². The molecule has 0 spiro atoms. The summed E-state index contributed by atoms with van der Waals surface area (Å²) in [7, 11) is 2.96. The molecule has 3 aromatic rings. The number of ether oxygens (including phenoxy) is 1. The second-order valence-electron chi connectivity index (χ2n) is 10.7. The maximum atomic E-state index is 13.9. The van der Waals surface area contributed by atoms with Gasteiger partial charge in [-0.1, -0.05) is 18.1 Å². The van der Waals surface area contributed by atoms with E-state index in [2.05, 4.69) is 20.3 Å². The molecule has 2 atom stereocenters. The average molecular weight is 639 g/mol. The molecule has 0 amide bonds. The normalized spacial score (nSPS) is 17.3. The summed E-state index contributed by atoms with van der Waals surface area (Å²) >= 11 is 0. The van der Waals surface area contributed by atoms with E-state index in [1.165, 1.54) is 18.0 Å². The quantitative estimate of drug-likeness (QED) is 0.222. The lowest BCUT2D eigenvalue weighted by molar-refractivity contribution is -0.143. The first kappa shape index (κ1) is 33.5. The van der Waals surface area contributed by atoms with Gasteiger partial charge in [0.25, 0.3) is 5.95 Å². The minimum Gasteiger partial charge on any atom is -0.383 e. The fourth-order valence-electron chi connectivity index (χ4n) is 5.65. The Morgan fingerprint density at radius 1 is 0.909 bits per heavy atom. The van der Waals surface area contributed by atoms with E-state index < -0.39 is 41.8 Å². The molecule has 1 saturated heterocycles. The Kier molecular flexibility index (Phi) is 9.83. The van der Waals surface area contributed by atoms with Crippen molar-refractivity contribution < 1.29 is 44.3 Å². The minimum atomic E-state index is -5.08. The first-order chi connectivity index (χ1) is 20.5. The number of tetrazole rings is 1. The molecule has 242 valence electrons. The van der Waals surface area contributed by atoms with Gasteiger partial charge in [0.15, 0.2) is 0 Å². The SMILES string of the molecule is CCC(c1ccc(C(F)(F)F)cc1CN(Cc1cc(C(F)(F)F)cc(C(F)(F)F)c1)c1nnn(C)n1)N1CCCC1COC. The summed E-state index contributed by atoms with van der Waals surface area (Å²) in [4.78, 5) is 4.39. The second-order valence-corrected chi connectivity index (χ2v) is 10.7. The Labute approximate surface area is 247 Å². The van der Waals surface area contributed by atoms with E-state index in [0.717, 1.165) is 29.8 Å². The van der Waals surface area contributed by atoms with Crippen LogP contribution in [-0.2, 0) is 43.4 Å². The van der Waals surface area contributed by atoms with E-state index in [4.69, 9.17) is 4.74 Å². The maximum Gasteiger partial charge on any atom is 0.416 e. The maximum absolute atomic E-state index is 13.9. The van der Waals surface area contributed by atoms with Gasteiger partial charge < -0.3 is 9.64 Å². The molecule has 0 saturated carbocycles. The number of aryl methyl sites for hydroxylation is 1. The van der Waals surface area contributed by atoms with Crippen molar-refractivity contribution in [1.29, 1.82) is 0 Å². The zero-order valence-electron chi connectivity index (χ0n) is 24.1. The summed E-state index contributed by atoms with van der Waals surface area (Å²) in [5, 5.41) is 11.6. The number of aromatic nitrogens is 4. The molecule has 16 heteroatoms. The molecule has 2 unspecified atom stereocenters. The van der Waals surface area contributed by atoms with Crippen LogP contribution in [0.1, 0.15) is 65.6 Å². The standard InChI is InChI=1S/C28H31F9N6O/c1-4-24(43-9-5-6-22(43)16-44-3)23-8-7-19(26(29,30)31)12-18(23)15-42(25-38-40-41(2)39-25)14-17-10-20(27(32,33)34)13-21(11-17)28(35,36)37/h7-8,10-13,22,24H,4-6,9,14-16H2,1-3H3. The van der Waals surface area contributed by atoms with Gasteiger partial charge in [-0.2, -0.15) is 44.3 Å². The van der Waals surface area contributed by atoms with Gasteiger partial charge in [0.05, 0.1) is 30.3 Å². The Hall–Kier alpha value is -3.40. The average Bonchev–Trinajstić information content (AvgIpc) is 3.57. The Morgan fingerprint density at radius 3 is 2.07 bits per heavy atom. The predicted octanol–water partition coefficient (Wildman–Crippen LogP) is 7.04. The minimum absolute atomic E-state index is 0.0116. The first-order valence-corrected chi connectivity index (χ1v) is 13.7. The smallest absolute Gasteiger partial charge is 0.383 e. The number of hydrogen-bond donors (Lipinski definition) is 0. The van der Waals surface area contributed by atoms with Gasteiger partial charge in [-0.25, -0.2) is 0 Å². The van der Waals surface area contributed by atoms with Crippen molar-refractivity contribution in [3.05, 3.63) is 69.8 Å². The molecule has 44 heavy (non-hydrogen) atoms. The summed E-state index contributed by atoms with van der Waals surface area (Å²) in [6.45, 7) is 2.03. The number of alkyl halides is 9. The number of rotatable bonds is 10. The second kappa shape index (κ2) is 12.9. The van der Waals surface area contributed by atoms with Crippen molar-refractivity contribution in [2.24, 2.45) is 7.05 Å². The van der Waals surface area contributed by atoms with Crippen LogP contribution in [0.5, 0.6) is 0 Å². The molecule has 0 N–H and O–H groups in total. The molecule has 7 nitrogen and oxygen atoms in total. The lowest BCUT2D eigenvalue weighted by atomic mass is 9.94. The highest BCUT2D eigenvalue weighted by atomic mass is 19.4. The first-order valence-electron chi connectivity index (χ1n) is 13.7. The highest BCUT2D eigenvalue weighted by Crippen LogP contribution is 2.39. The molecule has 1 aliphatic rings. The van der Waals surface area contributed by atoms with E-state index in [1.807, 2.05) is 6.92 Å². The number of methoxy groups -OCH3 is 1. The number of likely N-dealkylation sites (tertiary alicyclic amines) is 1. The van der Waals surface area contributed by atoms with Crippen LogP contribution in [0.25, 0.3) is 0 Å². The van der Waals surface area contributed by atoms with Crippen LogP contribution in [0, 0.1) is 0 Å². The molecule has 4 rings (SSSR count). The van der Waals surface area contributed by atoms with Gasteiger partial charge in [-0.3, -0.25) is 4.90 Å². The van der Waals surface area contributed by atoms with Crippen LogP contribution in [0.15, 0.2) is 36.4 Å². The van der Waals surface area contributed by atoms with Crippen molar-refractivity contribution in [2.75, 3.05) is 25.2 Å². The number of anilines is 1. The molecule has 0 bridgehead atoms. The highest BCUT2D eigenvalue weighted by molar-refractivity contribution is 5.42. The number of nitrogens with zero attached hydrogens (tertiary/aromatic N) is 6. The molecule has 1 fully saturated rings. The molecular weight excluding hydrogens is 607 g/mol. The van der Waals surface area contributed by atoms with Gasteiger partial charge in [0, 0.05) is 32.3 Å². The molecule has 0 radical (unpaired) electrons. The van der Waals surface area contributed by atoms with Gasteiger partial charge >= 0.3 is 18.5 Å². The molecule has 2 aromatic carbocycles. The monoisotopic (exact) mass is 638 g/mol. The summed E-state index contributed by atoms with van der Waals surface area (Å²) in [6, 6.07) is 4.13. The fourth-order valence-corrected chi connectivity index (χ4v) is 5.65. The summed E-state index contributed by atoms with van der Waals surface area (Å²) in [6.07, 6.45) is -12.7. The third kappa shape index (κ3) is 7.81. The Bertz CT molecular complexity index is 1390. The van der Waals surface area contributed by atoms with Gasteiger partial charge in [0.1, 0.15) is 0 Å². The van der Waals surface area contributed by atoms with Crippen LogP contribution >= 0.6 is 0 Å². The van der Waals surface area contributed by atoms with Crippen molar-refractivity contribution in [1.82, 2.24) is 25.1 Å². The number of halogens is 9. The third-order valence-corrected chi connectivity index (χ3v) is 7.56. The summed E-state index contributed by atoms with van der Waals surface area (Å²) < 4.78 is 128. The fraction of sp³-hybridized carbons (Fsp3) is 0.536. The Balaban J connectivity index is 1.82. The third-order valence-electron chi connectivity index (χ3n) is 7.56. The van der Waals surface area contributed by atoms with Crippen LogP contribution in [0.3, 0.4) is 0 Å². The molecule has 2 heterocycles. The zero-order valence-corrected chi connectivity index (χ0v) is 24.1. The topological polar surface area (TPSA) is 59.3 Å². The lowest BCUT2D eigenvalue weighted by Crippen LogP contribution is -2.37. The van der Waals surface area contributed by atoms with Gasteiger partial charge in [-0.05, 0) is 78.0 Å². The van der Waals surface area contributed by atoms with Crippen molar-refractivity contribution in [3.8, 4) is 0 Å². The Morgan fingerprint density at radius 2 is 1.55 bits per heavy atom. The molecular formula is C28H31F9N6O. The predicted molar refractivity (Wildman–Crippen MR) is 141 cm³/mol. The van der Waals surface area contributed by atoms with Crippen LogP contribution < -0.4 is 4.90 Å². The van der Waals surface area contributed by atoms with E-state index in [1.54, 1.807) is 7.11 Å². The van der Waals surface area contributed by atoms with E-state index in [0.29, 0.717) is 37.3 Å². The molecule has 1 aliphatic heterocycles. The zero-order chi connectivity index (χ0) is 32.4. The summed E-state index contributed by atoms with van der Waals surface area (Å²) in [5.41, 5.74) is -3.66. The summed E-state index contributed by atoms with van der Waals surface area (Å²) in [5.74, 6) is -0.187. The largest absolute Gasteiger partial charge is 0.416 e. The molecule has 0 aliphatic carbocycles. The van der Waals surface area contributed by atoms with Crippen LogP contribution in [0.2, 0.25) is 0 Å². The number of hydrogen-bond acceptors (Lipinski definition) is 6. The van der Waals surface area contributed by atoms with Gasteiger partial charge in [0.2, 0.25) is 0 Å². The van der Waals surface area contributed by atoms with Crippen molar-refractivity contribution >= 4 is 5.95 Å². The van der Waals surface area contributed by atoms with E-state index in [9.17, 15) is 39.5 Å². The van der Waals surface area contributed by atoms with E-state index in [-0.39, 0.29) is 41.8 Å². The van der Waals surface area contributed by atoms with Crippen LogP contribution in [0.4, 0.5) is 45.5 Å². The molecule has 1 aromatic heterocycles. The van der Waals surface area contributed by atoms with Crippen molar-refractivity contribution in [2.45, 2.75) is 69.9 Å². The number of benzene rings is 2. The van der Waals surface area contributed by atoms with E-state index >= 15 is 0 Å². The highest BCUT2D eigenvalue weighted by Gasteiger charge is 2.38. The lowest BCUT2D eigenvalue weighted by Gasteiger charge is -2.35. The van der Waals surface area contributed by atoms with Crippen LogP contribution in [-0.4, -0.2) is 51.4 Å².